The summed E-state index contributed by atoms with van der Waals surface area (Å²) in [7, 11) is 0. The van der Waals surface area contributed by atoms with Crippen LogP contribution in [0.1, 0.15) is 0 Å². The molecule has 10 rings (SSSR count). The lowest BCUT2D eigenvalue weighted by molar-refractivity contribution is 1.31. The van der Waals surface area contributed by atoms with Crippen LogP contribution in [0.4, 0.5) is 17.1 Å². The fraction of sp³-hybridized carbons (Fsp3) is 0. The van der Waals surface area contributed by atoms with Gasteiger partial charge in [0.15, 0.2) is 0 Å². The van der Waals surface area contributed by atoms with Crippen molar-refractivity contribution in [1.82, 2.24) is 0 Å². The second kappa shape index (κ2) is 9.90. The number of fused-ring (bicyclic) bond motifs is 11. The molecular weight excluding hydrogens is 575 g/mol. The molecule has 0 bridgehead atoms. The Kier molecular flexibility index (Phi) is 5.51. The first-order valence-electron chi connectivity index (χ1n) is 15.8. The summed E-state index contributed by atoms with van der Waals surface area (Å²) in [6.45, 7) is 0. The Balaban J connectivity index is 1.24. The van der Waals surface area contributed by atoms with Gasteiger partial charge in [-0.1, -0.05) is 133 Å². The predicted molar refractivity (Wildman–Crippen MR) is 202 cm³/mol. The summed E-state index contributed by atoms with van der Waals surface area (Å²) in [5, 5.41) is 15.4. The number of anilines is 3. The molecule has 1 aromatic heterocycles. The van der Waals surface area contributed by atoms with Crippen LogP contribution >= 0.6 is 11.3 Å². The Morgan fingerprint density at radius 1 is 0.326 bits per heavy atom. The van der Waals surface area contributed by atoms with E-state index < -0.39 is 0 Å². The minimum atomic E-state index is 1.15. The number of hydrogen-bond acceptors (Lipinski definition) is 2. The third kappa shape index (κ3) is 3.81. The molecule has 2 heteroatoms. The fourth-order valence-electron chi connectivity index (χ4n) is 7.41. The normalized spacial score (nSPS) is 11.9. The number of hydrogen-bond donors (Lipinski definition) is 0. The number of nitrogens with zero attached hydrogens (tertiary/aromatic N) is 1. The smallest absolute Gasteiger partial charge is 0.0540 e. The van der Waals surface area contributed by atoms with Gasteiger partial charge >= 0.3 is 0 Å². The van der Waals surface area contributed by atoms with E-state index in [2.05, 4.69) is 169 Å². The van der Waals surface area contributed by atoms with Crippen LogP contribution in [-0.4, -0.2) is 0 Å². The molecule has 46 heavy (non-hydrogen) atoms. The van der Waals surface area contributed by atoms with E-state index in [-0.39, 0.29) is 0 Å². The third-order valence-electron chi connectivity index (χ3n) is 9.60. The van der Waals surface area contributed by atoms with Crippen LogP contribution in [0.3, 0.4) is 0 Å². The van der Waals surface area contributed by atoms with Gasteiger partial charge in [0.25, 0.3) is 0 Å². The van der Waals surface area contributed by atoms with E-state index in [1.807, 2.05) is 11.3 Å². The SMILES string of the molecule is c1ccc2cc(N(c3ccc4c(c3)sc3c5ccccc5ccc43)c3cccc4c3ccc3c5ccccc5ccc43)ccc2c1. The Morgan fingerprint density at radius 2 is 0.870 bits per heavy atom. The maximum Gasteiger partial charge on any atom is 0.0540 e. The van der Waals surface area contributed by atoms with Crippen molar-refractivity contribution in [3.8, 4) is 0 Å². The lowest BCUT2D eigenvalue weighted by Gasteiger charge is -2.27. The second-order valence-electron chi connectivity index (χ2n) is 12.1. The topological polar surface area (TPSA) is 3.24 Å². The highest BCUT2D eigenvalue weighted by Crippen LogP contribution is 2.45. The molecule has 0 unspecified atom stereocenters. The highest BCUT2D eigenvalue weighted by molar-refractivity contribution is 7.26. The van der Waals surface area contributed by atoms with Crippen LogP contribution < -0.4 is 4.90 Å². The van der Waals surface area contributed by atoms with Gasteiger partial charge in [0, 0.05) is 36.9 Å². The zero-order valence-corrected chi connectivity index (χ0v) is 25.8. The lowest BCUT2D eigenvalue weighted by Crippen LogP contribution is -2.10. The second-order valence-corrected chi connectivity index (χ2v) is 13.2. The van der Waals surface area contributed by atoms with E-state index >= 15 is 0 Å². The van der Waals surface area contributed by atoms with E-state index in [9.17, 15) is 0 Å². The monoisotopic (exact) mass is 601 g/mol. The van der Waals surface area contributed by atoms with Crippen molar-refractivity contribution in [2.24, 2.45) is 0 Å². The average Bonchev–Trinajstić information content (AvgIpc) is 3.50. The van der Waals surface area contributed by atoms with E-state index in [0.29, 0.717) is 0 Å². The fourth-order valence-corrected chi connectivity index (χ4v) is 8.68. The highest BCUT2D eigenvalue weighted by atomic mass is 32.1. The van der Waals surface area contributed by atoms with Gasteiger partial charge in [0.05, 0.1) is 5.69 Å². The van der Waals surface area contributed by atoms with Crippen LogP contribution in [-0.2, 0) is 0 Å². The molecule has 0 fully saturated rings. The Labute approximate surface area is 270 Å². The summed E-state index contributed by atoms with van der Waals surface area (Å²) in [4.78, 5) is 2.45. The lowest BCUT2D eigenvalue weighted by atomic mass is 9.96. The largest absolute Gasteiger partial charge is 0.310 e. The summed E-state index contributed by atoms with van der Waals surface area (Å²) in [5.41, 5.74) is 3.48. The molecule has 9 aromatic carbocycles. The molecule has 0 atom stereocenters. The van der Waals surface area contributed by atoms with Crippen LogP contribution in [0.25, 0.3) is 74.0 Å². The van der Waals surface area contributed by atoms with E-state index in [1.54, 1.807) is 0 Å². The number of thiophene rings is 1. The first-order chi connectivity index (χ1) is 22.8. The third-order valence-corrected chi connectivity index (χ3v) is 10.8. The molecule has 214 valence electrons. The summed E-state index contributed by atoms with van der Waals surface area (Å²) < 4.78 is 2.65. The van der Waals surface area contributed by atoms with Crippen molar-refractivity contribution in [3.63, 3.8) is 0 Å². The van der Waals surface area contributed by atoms with Crippen LogP contribution in [0.2, 0.25) is 0 Å². The predicted octanol–water partition coefficient (Wildman–Crippen LogP) is 13.3. The molecule has 0 saturated heterocycles. The van der Waals surface area contributed by atoms with Gasteiger partial charge in [-0.15, -0.1) is 11.3 Å². The van der Waals surface area contributed by atoms with Crippen molar-refractivity contribution >= 4 is 102 Å². The molecule has 10 aromatic rings. The van der Waals surface area contributed by atoms with Crippen molar-refractivity contribution < 1.29 is 0 Å². The molecule has 0 spiro atoms. The average molecular weight is 602 g/mol. The standard InChI is InChI=1S/C44H27NS/c1-2-11-31-26-32(19-16-28(31)8-1)45(33-20-23-40-41-22-18-30-10-4-6-13-35(30)44(41)46-43(40)27-33)42-15-7-14-36-38-21-17-29-9-3-5-12-34(29)37(38)24-25-39(36)42/h1-27H. The van der Waals surface area contributed by atoms with Gasteiger partial charge in [-0.2, -0.15) is 0 Å². The van der Waals surface area contributed by atoms with Crippen molar-refractivity contribution in [3.05, 3.63) is 164 Å². The quantitative estimate of drug-likeness (QED) is 0.182. The van der Waals surface area contributed by atoms with Gasteiger partial charge in [0.1, 0.15) is 0 Å². The molecular formula is C44H27NS. The maximum absolute atomic E-state index is 2.45. The van der Waals surface area contributed by atoms with Crippen LogP contribution in [0.5, 0.6) is 0 Å². The molecule has 0 amide bonds. The minimum absolute atomic E-state index is 1.15. The van der Waals surface area contributed by atoms with Crippen molar-refractivity contribution in [2.75, 3.05) is 4.90 Å². The van der Waals surface area contributed by atoms with E-state index in [4.69, 9.17) is 0 Å². The zero-order chi connectivity index (χ0) is 30.2. The number of benzene rings is 9. The molecule has 0 radical (unpaired) electrons. The summed E-state index contributed by atoms with van der Waals surface area (Å²) in [5.74, 6) is 0. The van der Waals surface area contributed by atoms with Gasteiger partial charge in [-0.3, -0.25) is 0 Å². The molecule has 0 aliphatic heterocycles. The van der Waals surface area contributed by atoms with Gasteiger partial charge in [0.2, 0.25) is 0 Å². The highest BCUT2D eigenvalue weighted by Gasteiger charge is 2.19. The maximum atomic E-state index is 2.45. The first kappa shape index (κ1) is 25.6. The molecule has 0 saturated carbocycles. The van der Waals surface area contributed by atoms with Crippen LogP contribution in [0, 0.1) is 0 Å². The molecule has 1 nitrogen and oxygen atoms in total. The molecule has 0 aliphatic carbocycles. The first-order valence-corrected chi connectivity index (χ1v) is 16.6. The Bertz CT molecular complexity index is 2820. The van der Waals surface area contributed by atoms with Crippen molar-refractivity contribution in [2.45, 2.75) is 0 Å². The number of rotatable bonds is 3. The van der Waals surface area contributed by atoms with Crippen LogP contribution in [0.15, 0.2) is 164 Å². The summed E-state index contributed by atoms with van der Waals surface area (Å²) in [6, 6.07) is 60.3. The van der Waals surface area contributed by atoms with Crippen molar-refractivity contribution in [1.29, 1.82) is 0 Å². The van der Waals surface area contributed by atoms with Gasteiger partial charge < -0.3 is 4.90 Å². The molecule has 1 heterocycles. The molecule has 0 N–H and O–H groups in total. The van der Waals surface area contributed by atoms with Gasteiger partial charge in [-0.05, 0) is 78.8 Å². The minimum Gasteiger partial charge on any atom is -0.310 e. The van der Waals surface area contributed by atoms with E-state index in [0.717, 1.165) is 11.4 Å². The zero-order valence-electron chi connectivity index (χ0n) is 24.9. The Hall–Kier alpha value is -5.70. The van der Waals surface area contributed by atoms with E-state index in [1.165, 1.54) is 79.7 Å². The summed E-state index contributed by atoms with van der Waals surface area (Å²) >= 11 is 1.90. The Morgan fingerprint density at radius 3 is 1.74 bits per heavy atom. The van der Waals surface area contributed by atoms with Gasteiger partial charge in [-0.25, -0.2) is 0 Å². The summed E-state index contributed by atoms with van der Waals surface area (Å²) in [6.07, 6.45) is 0. The molecule has 0 aliphatic rings.